The fraction of sp³-hybridized carbons (Fsp3) is 0.320. The van der Waals surface area contributed by atoms with Gasteiger partial charge in [0.05, 0.1) is 0 Å². The third-order valence-electron chi connectivity index (χ3n) is 6.59. The molecule has 0 saturated carbocycles. The second-order valence-electron chi connectivity index (χ2n) is 8.88. The average molecular weight is 475 g/mol. The molecule has 4 aromatic rings. The summed E-state index contributed by atoms with van der Waals surface area (Å²) in [5.74, 6) is 0.308. The fourth-order valence-electron chi connectivity index (χ4n) is 4.67. The standard InChI is InChI=1S/C25H27FN8O/c1-3-4-8-20-16-33(23-21(26)9-14-32(23)2)24(35)34(20)17-25(10-12-27-13-11-25)19-7-5-6-18(15-19)22-28-30-31-29-22/h5-7,9-10,12-16H,3-4,8,11,17H2,1-2H3,(H,28,29,30,31). The summed E-state index contributed by atoms with van der Waals surface area (Å²) in [7, 11) is 1.74. The number of aromatic nitrogens is 7. The van der Waals surface area contributed by atoms with Crippen molar-refractivity contribution < 1.29 is 4.39 Å². The Hall–Kier alpha value is -4.08. The van der Waals surface area contributed by atoms with Crippen LogP contribution in [0.15, 0.2) is 64.8 Å². The van der Waals surface area contributed by atoms with Crippen molar-refractivity contribution in [2.75, 3.05) is 0 Å². The normalized spacial score (nSPS) is 17.3. The summed E-state index contributed by atoms with van der Waals surface area (Å²) in [5.41, 5.74) is 1.93. The summed E-state index contributed by atoms with van der Waals surface area (Å²) in [6, 6.07) is 9.32. The maximum atomic E-state index is 14.6. The van der Waals surface area contributed by atoms with Crippen LogP contribution in [-0.2, 0) is 25.4 Å². The zero-order chi connectivity index (χ0) is 24.4. The lowest BCUT2D eigenvalue weighted by atomic mass is 9.76. The molecule has 1 atom stereocenters. The number of H-pyrrole nitrogens is 1. The summed E-state index contributed by atoms with van der Waals surface area (Å²) >= 11 is 0. The van der Waals surface area contributed by atoms with E-state index in [4.69, 9.17) is 0 Å². The van der Waals surface area contributed by atoms with E-state index in [1.54, 1.807) is 34.8 Å². The molecular weight excluding hydrogens is 447 g/mol. The Bertz CT molecular complexity index is 1420. The lowest BCUT2D eigenvalue weighted by Crippen LogP contribution is -2.37. The topological polar surface area (TPSA) is 98.7 Å². The summed E-state index contributed by atoms with van der Waals surface area (Å²) in [6.07, 6.45) is 12.3. The van der Waals surface area contributed by atoms with Crippen LogP contribution in [0.3, 0.4) is 0 Å². The predicted octanol–water partition coefficient (Wildman–Crippen LogP) is 3.57. The highest BCUT2D eigenvalue weighted by Gasteiger charge is 2.33. The molecule has 1 aliphatic rings. The number of unbranched alkanes of at least 4 members (excludes halogenated alkanes) is 1. The van der Waals surface area contributed by atoms with Gasteiger partial charge in [0.1, 0.15) is 0 Å². The Morgan fingerprint density at radius 1 is 1.26 bits per heavy atom. The first kappa shape index (κ1) is 22.7. The molecule has 0 spiro atoms. The van der Waals surface area contributed by atoms with Crippen molar-refractivity contribution in [2.45, 2.75) is 44.6 Å². The van der Waals surface area contributed by atoms with Crippen molar-refractivity contribution in [1.29, 1.82) is 0 Å². The maximum Gasteiger partial charge on any atom is 0.334 e. The summed E-state index contributed by atoms with van der Waals surface area (Å²) in [4.78, 5) is 18.0. The van der Waals surface area contributed by atoms with Gasteiger partial charge in [0.2, 0.25) is 5.82 Å². The molecule has 9 nitrogen and oxygen atoms in total. The van der Waals surface area contributed by atoms with Gasteiger partial charge in [-0.15, -0.1) is 10.2 Å². The number of rotatable bonds is 8. The van der Waals surface area contributed by atoms with Crippen LogP contribution in [0.5, 0.6) is 0 Å². The second kappa shape index (κ2) is 9.28. The van der Waals surface area contributed by atoms with Crippen LogP contribution in [0, 0.1) is 5.82 Å². The van der Waals surface area contributed by atoms with Gasteiger partial charge in [-0.1, -0.05) is 37.6 Å². The number of allylic oxidation sites excluding steroid dienone is 1. The average Bonchev–Trinajstić information content (AvgIpc) is 3.60. The van der Waals surface area contributed by atoms with E-state index in [-0.39, 0.29) is 11.5 Å². The Morgan fingerprint density at radius 3 is 2.83 bits per heavy atom. The molecule has 0 amide bonds. The molecule has 0 saturated heterocycles. The minimum atomic E-state index is -0.523. The molecular formula is C25H27FN8O. The van der Waals surface area contributed by atoms with Crippen LogP contribution in [0.4, 0.5) is 4.39 Å². The number of imidazole rings is 1. The lowest BCUT2D eigenvalue weighted by molar-refractivity contribution is 0.438. The van der Waals surface area contributed by atoms with E-state index in [1.165, 1.54) is 10.6 Å². The van der Waals surface area contributed by atoms with E-state index >= 15 is 0 Å². The van der Waals surface area contributed by atoms with Gasteiger partial charge in [0.15, 0.2) is 11.6 Å². The zero-order valence-electron chi connectivity index (χ0n) is 19.7. The number of hydrogen-bond acceptors (Lipinski definition) is 5. The first-order chi connectivity index (χ1) is 17.0. The number of hydrogen-bond donors (Lipinski definition) is 1. The van der Waals surface area contributed by atoms with Crippen LogP contribution in [0.1, 0.15) is 37.4 Å². The largest absolute Gasteiger partial charge is 0.335 e. The molecule has 3 aromatic heterocycles. The number of aryl methyl sites for hydroxylation is 2. The molecule has 0 aliphatic carbocycles. The summed E-state index contributed by atoms with van der Waals surface area (Å²) in [6.45, 7) is 2.50. The Kier molecular flexibility index (Phi) is 6.02. The number of benzene rings is 1. The van der Waals surface area contributed by atoms with Crippen molar-refractivity contribution in [3.63, 3.8) is 0 Å². The highest BCUT2D eigenvalue weighted by Crippen LogP contribution is 2.35. The fourth-order valence-corrected chi connectivity index (χ4v) is 4.67. The molecule has 180 valence electrons. The van der Waals surface area contributed by atoms with E-state index in [9.17, 15) is 9.18 Å². The quantitative estimate of drug-likeness (QED) is 0.422. The van der Waals surface area contributed by atoms with Gasteiger partial charge in [-0.3, -0.25) is 14.1 Å². The molecule has 0 fully saturated rings. The molecule has 1 N–H and O–H groups in total. The van der Waals surface area contributed by atoms with Crippen LogP contribution in [0.25, 0.3) is 17.2 Å². The van der Waals surface area contributed by atoms with Gasteiger partial charge >= 0.3 is 5.69 Å². The highest BCUT2D eigenvalue weighted by atomic mass is 19.1. The second-order valence-corrected chi connectivity index (χ2v) is 8.88. The molecule has 10 heteroatoms. The van der Waals surface area contributed by atoms with Crippen molar-refractivity contribution in [3.05, 3.63) is 82.6 Å². The Morgan fingerprint density at radius 2 is 2.14 bits per heavy atom. The van der Waals surface area contributed by atoms with Gasteiger partial charge in [0, 0.05) is 55.1 Å². The van der Waals surface area contributed by atoms with E-state index in [1.807, 2.05) is 36.6 Å². The Balaban J connectivity index is 1.62. The van der Waals surface area contributed by atoms with Crippen LogP contribution >= 0.6 is 0 Å². The number of aliphatic imine (C=N–C) groups is 1. The molecule has 4 heterocycles. The van der Waals surface area contributed by atoms with Crippen molar-refractivity contribution in [2.24, 2.45) is 12.0 Å². The Labute approximate surface area is 201 Å². The minimum absolute atomic E-state index is 0.236. The van der Waals surface area contributed by atoms with Gasteiger partial charge in [0.25, 0.3) is 0 Å². The number of tetrazole rings is 1. The smallest absolute Gasteiger partial charge is 0.334 e. The molecule has 0 bridgehead atoms. The van der Waals surface area contributed by atoms with Gasteiger partial charge in [-0.05, 0) is 42.2 Å². The number of halogens is 1. The van der Waals surface area contributed by atoms with E-state index in [0.717, 1.165) is 36.1 Å². The van der Waals surface area contributed by atoms with Gasteiger partial charge in [-0.2, -0.15) is 5.21 Å². The van der Waals surface area contributed by atoms with Gasteiger partial charge < -0.3 is 4.57 Å². The third kappa shape index (κ3) is 4.16. The van der Waals surface area contributed by atoms with Crippen LogP contribution in [-0.4, -0.2) is 40.5 Å². The molecule has 1 unspecified atom stereocenters. The molecule has 35 heavy (non-hydrogen) atoms. The monoisotopic (exact) mass is 474 g/mol. The van der Waals surface area contributed by atoms with Gasteiger partial charge in [-0.25, -0.2) is 9.18 Å². The van der Waals surface area contributed by atoms with Crippen molar-refractivity contribution in [1.82, 2.24) is 34.3 Å². The first-order valence-corrected chi connectivity index (χ1v) is 11.7. The first-order valence-electron chi connectivity index (χ1n) is 11.7. The van der Waals surface area contributed by atoms with Crippen molar-refractivity contribution in [3.8, 4) is 17.2 Å². The summed E-state index contributed by atoms with van der Waals surface area (Å²) in [5, 5.41) is 14.4. The predicted molar refractivity (Wildman–Crippen MR) is 131 cm³/mol. The maximum absolute atomic E-state index is 14.6. The third-order valence-corrected chi connectivity index (χ3v) is 6.59. The zero-order valence-corrected chi connectivity index (χ0v) is 19.7. The molecule has 1 aromatic carbocycles. The summed E-state index contributed by atoms with van der Waals surface area (Å²) < 4.78 is 19.4. The van der Waals surface area contributed by atoms with E-state index in [2.05, 4.69) is 32.5 Å². The molecule has 1 aliphatic heterocycles. The lowest BCUT2D eigenvalue weighted by Gasteiger charge is -2.32. The molecule has 5 rings (SSSR count). The SMILES string of the molecule is CCCCc1cn(-c2c(F)ccn2C)c(=O)n1CC1(c2cccc(-c3nn[nH]n3)c2)C=CN=CC1. The van der Waals surface area contributed by atoms with Crippen LogP contribution in [0.2, 0.25) is 0 Å². The number of nitrogens with one attached hydrogen (secondary N) is 1. The number of aromatic amines is 1. The van der Waals surface area contributed by atoms with Crippen molar-refractivity contribution >= 4 is 6.21 Å². The highest BCUT2D eigenvalue weighted by molar-refractivity contribution is 5.65. The molecule has 0 radical (unpaired) electrons. The van der Waals surface area contributed by atoms with E-state index < -0.39 is 11.2 Å². The minimum Gasteiger partial charge on any atom is -0.335 e. The van der Waals surface area contributed by atoms with E-state index in [0.29, 0.717) is 18.8 Å². The number of nitrogens with zero attached hydrogens (tertiary/aromatic N) is 7. The van der Waals surface area contributed by atoms with Crippen LogP contribution < -0.4 is 5.69 Å².